The van der Waals surface area contributed by atoms with Crippen LogP contribution in [0.1, 0.15) is 31.7 Å². The summed E-state index contributed by atoms with van der Waals surface area (Å²) < 4.78 is 0.919. The summed E-state index contributed by atoms with van der Waals surface area (Å²) in [6, 6.07) is 5.32. The van der Waals surface area contributed by atoms with Crippen molar-refractivity contribution in [1.82, 2.24) is 0 Å². The first-order valence-corrected chi connectivity index (χ1v) is 7.49. The minimum Gasteiger partial charge on any atom is -0.507 e. The largest absolute Gasteiger partial charge is 0.507 e. The summed E-state index contributed by atoms with van der Waals surface area (Å²) in [5, 5.41) is 28.2. The van der Waals surface area contributed by atoms with E-state index in [2.05, 4.69) is 22.9 Å². The van der Waals surface area contributed by atoms with Gasteiger partial charge in [-0.3, -0.25) is 0 Å². The van der Waals surface area contributed by atoms with Crippen LogP contribution >= 0.6 is 15.9 Å². The standard InChI is InChI=1S/C16H21BrO3/c1-2-12(5-7-15(19)4-3-9-18)10-13-11-14(17)6-8-16(13)20/h3-4,6,8,10-11,15,18-20H,2,5,7,9H2,1H3/b4-3-,12-10+/t15-/m0/s1. The van der Waals surface area contributed by atoms with Crippen LogP contribution in [0.2, 0.25) is 0 Å². The lowest BCUT2D eigenvalue weighted by Crippen LogP contribution is -2.02. The number of allylic oxidation sites excluding steroid dienone is 1. The van der Waals surface area contributed by atoms with Gasteiger partial charge in [0.2, 0.25) is 0 Å². The van der Waals surface area contributed by atoms with Gasteiger partial charge in [-0.15, -0.1) is 0 Å². The van der Waals surface area contributed by atoms with Crippen LogP contribution in [-0.2, 0) is 0 Å². The molecule has 0 fully saturated rings. The SMILES string of the molecule is CC/C(=C\c1cc(Br)ccc1O)CC[C@@H](O)/C=C\CO. The number of aliphatic hydroxyl groups excluding tert-OH is 2. The van der Waals surface area contributed by atoms with Gasteiger partial charge < -0.3 is 15.3 Å². The molecule has 1 aromatic rings. The second-order valence-corrected chi connectivity index (χ2v) is 5.49. The summed E-state index contributed by atoms with van der Waals surface area (Å²) in [6.07, 6.45) is 6.77. The number of aliphatic hydroxyl groups is 2. The molecule has 0 saturated carbocycles. The monoisotopic (exact) mass is 340 g/mol. The molecule has 1 rings (SSSR count). The molecular formula is C16H21BrO3. The van der Waals surface area contributed by atoms with Crippen molar-refractivity contribution < 1.29 is 15.3 Å². The highest BCUT2D eigenvalue weighted by atomic mass is 79.9. The van der Waals surface area contributed by atoms with E-state index in [9.17, 15) is 10.2 Å². The van der Waals surface area contributed by atoms with E-state index in [1.807, 2.05) is 12.1 Å². The molecule has 0 amide bonds. The van der Waals surface area contributed by atoms with Gasteiger partial charge in [0, 0.05) is 10.0 Å². The Kier molecular flexibility index (Phi) is 7.59. The quantitative estimate of drug-likeness (QED) is 0.664. The zero-order valence-corrected chi connectivity index (χ0v) is 13.2. The Labute approximate surface area is 128 Å². The van der Waals surface area contributed by atoms with Gasteiger partial charge in [0.1, 0.15) is 5.75 Å². The minimum atomic E-state index is -0.548. The average Bonchev–Trinajstić information content (AvgIpc) is 2.44. The van der Waals surface area contributed by atoms with E-state index in [0.29, 0.717) is 6.42 Å². The smallest absolute Gasteiger partial charge is 0.122 e. The Balaban J connectivity index is 2.72. The van der Waals surface area contributed by atoms with Gasteiger partial charge in [0.25, 0.3) is 0 Å². The molecule has 0 spiro atoms. The summed E-state index contributed by atoms with van der Waals surface area (Å²) in [5.74, 6) is 0.250. The minimum absolute atomic E-state index is 0.0561. The number of aromatic hydroxyl groups is 1. The van der Waals surface area contributed by atoms with E-state index < -0.39 is 6.10 Å². The first-order valence-electron chi connectivity index (χ1n) is 6.70. The van der Waals surface area contributed by atoms with E-state index in [0.717, 1.165) is 28.5 Å². The van der Waals surface area contributed by atoms with Crippen molar-refractivity contribution in [1.29, 1.82) is 0 Å². The Morgan fingerprint density at radius 2 is 2.15 bits per heavy atom. The van der Waals surface area contributed by atoms with E-state index in [1.54, 1.807) is 24.3 Å². The van der Waals surface area contributed by atoms with Gasteiger partial charge >= 0.3 is 0 Å². The van der Waals surface area contributed by atoms with E-state index in [-0.39, 0.29) is 12.4 Å². The second-order valence-electron chi connectivity index (χ2n) is 4.58. The number of hydrogen-bond donors (Lipinski definition) is 3. The Morgan fingerprint density at radius 1 is 1.40 bits per heavy atom. The van der Waals surface area contributed by atoms with Crippen LogP contribution in [0.5, 0.6) is 5.75 Å². The highest BCUT2D eigenvalue weighted by Gasteiger charge is 2.04. The number of phenols is 1. The van der Waals surface area contributed by atoms with Crippen molar-refractivity contribution >= 4 is 22.0 Å². The lowest BCUT2D eigenvalue weighted by Gasteiger charge is -2.09. The number of hydrogen-bond acceptors (Lipinski definition) is 3. The number of benzene rings is 1. The van der Waals surface area contributed by atoms with Crippen molar-refractivity contribution in [2.24, 2.45) is 0 Å². The fourth-order valence-electron chi connectivity index (χ4n) is 1.86. The van der Waals surface area contributed by atoms with Gasteiger partial charge in [0.15, 0.2) is 0 Å². The Morgan fingerprint density at radius 3 is 2.80 bits per heavy atom. The normalized spacial score (nSPS) is 13.9. The molecule has 0 aliphatic carbocycles. The lowest BCUT2D eigenvalue weighted by atomic mass is 10.0. The molecular weight excluding hydrogens is 320 g/mol. The van der Waals surface area contributed by atoms with Crippen molar-refractivity contribution in [3.63, 3.8) is 0 Å². The Hall–Kier alpha value is -1.10. The molecule has 0 aromatic heterocycles. The van der Waals surface area contributed by atoms with Gasteiger partial charge in [0.05, 0.1) is 12.7 Å². The van der Waals surface area contributed by atoms with Gasteiger partial charge in [-0.25, -0.2) is 0 Å². The van der Waals surface area contributed by atoms with Crippen molar-refractivity contribution in [3.8, 4) is 5.75 Å². The fourth-order valence-corrected chi connectivity index (χ4v) is 2.24. The molecule has 4 heteroatoms. The topological polar surface area (TPSA) is 60.7 Å². The summed E-state index contributed by atoms with van der Waals surface area (Å²) in [6.45, 7) is 2.00. The molecule has 0 heterocycles. The van der Waals surface area contributed by atoms with E-state index in [4.69, 9.17) is 5.11 Å². The van der Waals surface area contributed by atoms with Gasteiger partial charge in [-0.2, -0.15) is 0 Å². The lowest BCUT2D eigenvalue weighted by molar-refractivity contribution is 0.211. The maximum atomic E-state index is 9.82. The maximum absolute atomic E-state index is 9.82. The highest BCUT2D eigenvalue weighted by molar-refractivity contribution is 9.10. The zero-order valence-electron chi connectivity index (χ0n) is 11.6. The van der Waals surface area contributed by atoms with E-state index in [1.165, 1.54) is 0 Å². The maximum Gasteiger partial charge on any atom is 0.122 e. The van der Waals surface area contributed by atoms with Crippen LogP contribution in [0.3, 0.4) is 0 Å². The molecule has 0 radical (unpaired) electrons. The molecule has 0 saturated heterocycles. The molecule has 1 atom stereocenters. The van der Waals surface area contributed by atoms with E-state index >= 15 is 0 Å². The van der Waals surface area contributed by atoms with Gasteiger partial charge in [-0.05, 0) is 37.5 Å². The molecule has 0 bridgehead atoms. The highest BCUT2D eigenvalue weighted by Crippen LogP contribution is 2.26. The van der Waals surface area contributed by atoms with Crippen LogP contribution in [0, 0.1) is 0 Å². The number of phenolic OH excluding ortho intramolecular Hbond substituents is 1. The molecule has 0 aliphatic rings. The third kappa shape index (κ3) is 5.90. The summed E-state index contributed by atoms with van der Waals surface area (Å²) in [7, 11) is 0. The van der Waals surface area contributed by atoms with Crippen LogP contribution in [0.4, 0.5) is 0 Å². The summed E-state index contributed by atoms with van der Waals surface area (Å²) in [4.78, 5) is 0. The molecule has 1 aromatic carbocycles. The second kappa shape index (κ2) is 8.95. The third-order valence-corrected chi connectivity index (χ3v) is 3.52. The first kappa shape index (κ1) is 17.0. The molecule has 0 unspecified atom stereocenters. The summed E-state index contributed by atoms with van der Waals surface area (Å²) >= 11 is 3.39. The number of rotatable bonds is 7. The van der Waals surface area contributed by atoms with Crippen molar-refractivity contribution in [3.05, 3.63) is 46.0 Å². The predicted octanol–water partition coefficient (Wildman–Crippen LogP) is 3.64. The van der Waals surface area contributed by atoms with Gasteiger partial charge in [-0.1, -0.05) is 46.7 Å². The fraction of sp³-hybridized carbons (Fsp3) is 0.375. The van der Waals surface area contributed by atoms with Crippen LogP contribution in [0.25, 0.3) is 6.08 Å². The molecule has 3 nitrogen and oxygen atoms in total. The van der Waals surface area contributed by atoms with Crippen molar-refractivity contribution in [2.45, 2.75) is 32.3 Å². The average molecular weight is 341 g/mol. The molecule has 110 valence electrons. The number of halogens is 1. The van der Waals surface area contributed by atoms with Crippen LogP contribution < -0.4 is 0 Å². The zero-order chi connectivity index (χ0) is 15.0. The van der Waals surface area contributed by atoms with Crippen LogP contribution in [0.15, 0.2) is 40.4 Å². The third-order valence-electron chi connectivity index (χ3n) is 3.03. The van der Waals surface area contributed by atoms with Crippen molar-refractivity contribution in [2.75, 3.05) is 6.61 Å². The summed E-state index contributed by atoms with van der Waals surface area (Å²) in [5.41, 5.74) is 1.94. The van der Waals surface area contributed by atoms with Crippen LogP contribution in [-0.4, -0.2) is 28.0 Å². The molecule has 20 heavy (non-hydrogen) atoms. The molecule has 3 N–H and O–H groups in total. The first-order chi connectivity index (χ1) is 9.56. The predicted molar refractivity (Wildman–Crippen MR) is 85.5 cm³/mol. The Bertz CT molecular complexity index is 481. The molecule has 0 aliphatic heterocycles.